The third-order valence-electron chi connectivity index (χ3n) is 12.9. The van der Waals surface area contributed by atoms with Gasteiger partial charge in [0.1, 0.15) is 29.5 Å². The summed E-state index contributed by atoms with van der Waals surface area (Å²) in [7, 11) is 0. The van der Waals surface area contributed by atoms with E-state index in [-0.39, 0.29) is 41.9 Å². The third kappa shape index (κ3) is 9.34. The molecule has 72 heavy (non-hydrogen) atoms. The number of nitrogens with zero attached hydrogens (tertiary/aromatic N) is 5. The summed E-state index contributed by atoms with van der Waals surface area (Å²) in [6.07, 6.45) is -2.74. The molecule has 9 aromatic rings. The van der Waals surface area contributed by atoms with Crippen molar-refractivity contribution in [2.24, 2.45) is 0 Å². The van der Waals surface area contributed by atoms with Gasteiger partial charge < -0.3 is 24.1 Å². The number of imidazole rings is 1. The average molecular weight is 959 g/mol. The number of non-ortho nitro benzene ring substituents is 1. The lowest BCUT2D eigenvalue weighted by molar-refractivity contribution is -0.384. The number of nitrogens with one attached hydrogen (secondary N) is 1. The van der Waals surface area contributed by atoms with Crippen molar-refractivity contribution < 1.29 is 33.8 Å². The van der Waals surface area contributed by atoms with Crippen LogP contribution in [0.5, 0.6) is 5.88 Å². The maximum atomic E-state index is 13.1. The number of rotatable bonds is 18. The van der Waals surface area contributed by atoms with Crippen molar-refractivity contribution in [3.05, 3.63) is 262 Å². The third-order valence-corrected chi connectivity index (χ3v) is 12.9. The summed E-state index contributed by atoms with van der Waals surface area (Å²) < 4.78 is 30.1. The minimum Gasteiger partial charge on any atom is -0.476 e. The van der Waals surface area contributed by atoms with Gasteiger partial charge in [0.25, 0.3) is 5.69 Å². The number of amides is 1. The number of benzene rings is 7. The number of hydrogen-bond acceptors (Lipinski definition) is 11. The number of anilines is 1. The molecule has 10 rings (SSSR count). The number of aromatic nitrogens is 4. The van der Waals surface area contributed by atoms with Crippen molar-refractivity contribution in [2.75, 3.05) is 18.5 Å². The van der Waals surface area contributed by atoms with Crippen LogP contribution in [0.4, 0.5) is 11.6 Å². The Labute approximate surface area is 415 Å². The van der Waals surface area contributed by atoms with E-state index in [0.717, 1.165) is 38.9 Å². The molecule has 7 aromatic carbocycles. The Morgan fingerprint density at radius 2 is 1.14 bits per heavy atom. The number of fused-ring (bicyclic) bond motifs is 1. The fourth-order valence-corrected chi connectivity index (χ4v) is 9.57. The lowest BCUT2D eigenvalue weighted by Crippen LogP contribution is -2.46. The Morgan fingerprint density at radius 1 is 0.681 bits per heavy atom. The molecule has 360 valence electrons. The first-order valence-electron chi connectivity index (χ1n) is 23.6. The summed E-state index contributed by atoms with van der Waals surface area (Å²) >= 11 is 0. The monoisotopic (exact) mass is 958 g/mol. The van der Waals surface area contributed by atoms with Crippen LogP contribution in [0.1, 0.15) is 52.1 Å². The second kappa shape index (κ2) is 20.9. The van der Waals surface area contributed by atoms with Gasteiger partial charge in [0.05, 0.1) is 24.5 Å². The summed E-state index contributed by atoms with van der Waals surface area (Å²) in [6, 6.07) is 66.0. The highest BCUT2D eigenvalue weighted by molar-refractivity contribution is 5.88. The summed E-state index contributed by atoms with van der Waals surface area (Å²) in [5.74, 6) is -0.408. The maximum Gasteiger partial charge on any atom is 0.269 e. The summed E-state index contributed by atoms with van der Waals surface area (Å²) in [5, 5.41) is 27.0. The van der Waals surface area contributed by atoms with E-state index in [9.17, 15) is 20.0 Å². The van der Waals surface area contributed by atoms with Gasteiger partial charge in [-0.25, -0.2) is 4.98 Å². The van der Waals surface area contributed by atoms with Crippen molar-refractivity contribution in [2.45, 2.75) is 49.1 Å². The lowest BCUT2D eigenvalue weighted by Gasteiger charge is -2.41. The fourth-order valence-electron chi connectivity index (χ4n) is 9.57. The zero-order valence-corrected chi connectivity index (χ0v) is 39.2. The smallest absolute Gasteiger partial charge is 0.269 e. The SMILES string of the molecule is CC(=O)Nc1nc(OCCc2ccc([N+](=O)[O-])cc2)c2ncn([C@@H]3O[C@H](COC(c4ccccc4)(c4ccccc4)c4ccccc4)[C@@H](OC(c4ccccc4)(c4ccccc4)c4ccccc4)[C@H]3O)c2n1. The van der Waals surface area contributed by atoms with Gasteiger partial charge in [-0.05, 0) is 38.9 Å². The molecule has 0 unspecified atom stereocenters. The number of ether oxygens (including phenoxy) is 4. The zero-order chi connectivity index (χ0) is 49.5. The Bertz CT molecular complexity index is 3050. The number of hydrogen-bond donors (Lipinski definition) is 2. The highest BCUT2D eigenvalue weighted by Gasteiger charge is 2.53. The number of aliphatic hydroxyl groups is 1. The quantitative estimate of drug-likeness (QED) is 0.0476. The molecule has 2 N–H and O–H groups in total. The van der Waals surface area contributed by atoms with Crippen LogP contribution in [0.25, 0.3) is 11.2 Å². The molecule has 2 aromatic heterocycles. The van der Waals surface area contributed by atoms with Crippen molar-refractivity contribution in [3.8, 4) is 5.88 Å². The molecule has 0 aliphatic carbocycles. The van der Waals surface area contributed by atoms with E-state index < -0.39 is 46.6 Å². The minimum atomic E-state index is -1.39. The van der Waals surface area contributed by atoms with Crippen LogP contribution in [0.3, 0.4) is 0 Å². The molecule has 3 heterocycles. The highest BCUT2D eigenvalue weighted by Crippen LogP contribution is 2.47. The number of nitro groups is 1. The van der Waals surface area contributed by atoms with Gasteiger partial charge in [0.15, 0.2) is 17.4 Å². The van der Waals surface area contributed by atoms with E-state index in [0.29, 0.717) is 6.42 Å². The summed E-state index contributed by atoms with van der Waals surface area (Å²) in [6.45, 7) is 1.37. The van der Waals surface area contributed by atoms with Crippen LogP contribution in [0, 0.1) is 10.1 Å². The molecule has 4 atom stereocenters. The molecule has 14 nitrogen and oxygen atoms in total. The van der Waals surface area contributed by atoms with Crippen molar-refractivity contribution in [3.63, 3.8) is 0 Å². The highest BCUT2D eigenvalue weighted by atomic mass is 16.6. The van der Waals surface area contributed by atoms with Gasteiger partial charge in [0.2, 0.25) is 17.7 Å². The largest absolute Gasteiger partial charge is 0.476 e. The summed E-state index contributed by atoms with van der Waals surface area (Å²) in [4.78, 5) is 37.3. The van der Waals surface area contributed by atoms with Crippen LogP contribution in [0.15, 0.2) is 213 Å². The predicted octanol–water partition coefficient (Wildman–Crippen LogP) is 9.96. The molecule has 1 aliphatic heterocycles. The molecule has 0 saturated carbocycles. The van der Waals surface area contributed by atoms with Crippen molar-refractivity contribution in [1.82, 2.24) is 19.5 Å². The van der Waals surface area contributed by atoms with Gasteiger partial charge in [-0.3, -0.25) is 24.8 Å². The van der Waals surface area contributed by atoms with Crippen LogP contribution in [-0.2, 0) is 36.6 Å². The number of carbonyl (C=O) groups is 1. The van der Waals surface area contributed by atoms with E-state index in [1.165, 1.54) is 25.4 Å². The van der Waals surface area contributed by atoms with Gasteiger partial charge >= 0.3 is 0 Å². The maximum absolute atomic E-state index is 13.1. The van der Waals surface area contributed by atoms with Gasteiger partial charge in [0, 0.05) is 25.5 Å². The second-order valence-electron chi connectivity index (χ2n) is 17.4. The Morgan fingerprint density at radius 3 is 1.58 bits per heavy atom. The van der Waals surface area contributed by atoms with E-state index in [2.05, 4.69) is 10.3 Å². The topological polar surface area (TPSA) is 173 Å². The van der Waals surface area contributed by atoms with Gasteiger partial charge in [-0.2, -0.15) is 9.97 Å². The lowest BCUT2D eigenvalue weighted by atomic mass is 9.79. The van der Waals surface area contributed by atoms with Gasteiger partial charge in [-0.1, -0.05) is 194 Å². The van der Waals surface area contributed by atoms with Crippen LogP contribution >= 0.6 is 0 Å². The molecule has 0 spiro atoms. The van der Waals surface area contributed by atoms with E-state index in [4.69, 9.17) is 28.9 Å². The molecule has 0 radical (unpaired) electrons. The van der Waals surface area contributed by atoms with Crippen molar-refractivity contribution >= 4 is 28.7 Å². The van der Waals surface area contributed by atoms with Crippen LogP contribution < -0.4 is 10.1 Å². The molecular weight excluding hydrogens is 909 g/mol. The summed E-state index contributed by atoms with van der Waals surface area (Å²) in [5.41, 5.74) is 3.89. The molecular formula is C58H50N6O8. The minimum absolute atomic E-state index is 0.0192. The molecule has 1 amide bonds. The first-order chi connectivity index (χ1) is 35.2. The van der Waals surface area contributed by atoms with Crippen LogP contribution in [0.2, 0.25) is 0 Å². The number of nitro benzene ring substituents is 1. The Balaban J connectivity index is 1.09. The Kier molecular flexibility index (Phi) is 13.7. The molecule has 1 fully saturated rings. The Hall–Kier alpha value is -8.40. The zero-order valence-electron chi connectivity index (χ0n) is 39.2. The van der Waals surface area contributed by atoms with E-state index in [1.807, 2.05) is 182 Å². The molecule has 1 saturated heterocycles. The van der Waals surface area contributed by atoms with E-state index in [1.54, 1.807) is 16.7 Å². The number of aliphatic hydroxyl groups excluding tert-OH is 1. The van der Waals surface area contributed by atoms with Gasteiger partial charge in [-0.15, -0.1) is 0 Å². The molecule has 0 bridgehead atoms. The number of carbonyl (C=O) groups excluding carboxylic acids is 1. The normalized spacial score (nSPS) is 16.9. The standard InChI is InChI=1S/C58H50N6O8/c1-40(65)60-56-61-53-50(54(62-56)69-37-36-41-32-34-48(35-33-41)64(67)68)59-39-63(53)55-51(66)52(72-58(45-26-14-5-15-27-45,46-28-16-6-17-29-46)47-30-18-7-19-31-47)49(71-55)38-70-57(42-20-8-2-9-21-42,43-22-10-3-11-23-43)44-24-12-4-13-25-44/h2-35,39,49,51-52,55,66H,36-38H2,1H3,(H,60,61,62,65)/t49-,51-,52-,55-/m1/s1. The first-order valence-corrected chi connectivity index (χ1v) is 23.6. The second-order valence-corrected chi connectivity index (χ2v) is 17.4. The predicted molar refractivity (Wildman–Crippen MR) is 271 cm³/mol. The average Bonchev–Trinajstić information content (AvgIpc) is 3.99. The molecule has 14 heteroatoms. The van der Waals surface area contributed by atoms with Crippen LogP contribution in [-0.4, -0.2) is 67.0 Å². The first kappa shape index (κ1) is 47.3. The fraction of sp³-hybridized carbons (Fsp3) is 0.172. The van der Waals surface area contributed by atoms with Crippen molar-refractivity contribution in [1.29, 1.82) is 0 Å². The van der Waals surface area contributed by atoms with E-state index >= 15 is 0 Å². The molecule has 1 aliphatic rings.